The first-order valence-electron chi connectivity index (χ1n) is 2.20. The Balaban J connectivity index is -0.000000320. The van der Waals surface area contributed by atoms with Crippen LogP contribution < -0.4 is 15.9 Å². The first-order chi connectivity index (χ1) is 4.04. The average molecular weight is 208 g/mol. The summed E-state index contributed by atoms with van der Waals surface area (Å²) >= 11 is 0. The molecule has 0 heterocycles. The smallest absolute Gasteiger partial charge is 0.550 e. The van der Waals surface area contributed by atoms with E-state index in [1.165, 1.54) is 0 Å². The predicted molar refractivity (Wildman–Crippen MR) is 35.6 cm³/mol. The first kappa shape index (κ1) is 17.5. The maximum Gasteiger partial charge on any atom is 2.00 e. The van der Waals surface area contributed by atoms with E-state index in [0.29, 0.717) is 0 Å². The van der Waals surface area contributed by atoms with Crippen LogP contribution in [0.25, 0.3) is 0 Å². The van der Waals surface area contributed by atoms with E-state index in [1.807, 2.05) is 0 Å². The van der Waals surface area contributed by atoms with Gasteiger partial charge in [-0.15, -0.1) is 12.4 Å². The number of aliphatic carboxylic acids is 2. The minimum atomic E-state index is -1.58. The van der Waals surface area contributed by atoms with Crippen LogP contribution in [0.3, 0.4) is 0 Å². The van der Waals surface area contributed by atoms with Crippen molar-refractivity contribution in [2.75, 3.05) is 0 Å². The summed E-state index contributed by atoms with van der Waals surface area (Å²) in [6.45, 7) is 0. The number of hydrogen-bond donors (Lipinski definition) is 1. The Morgan fingerprint density at radius 3 is 1.82 bits per heavy atom. The molecule has 0 aromatic carbocycles. The summed E-state index contributed by atoms with van der Waals surface area (Å²) in [5.74, 6) is -3.08. The van der Waals surface area contributed by atoms with E-state index >= 15 is 0 Å². The molecule has 0 aliphatic carbocycles. The second-order valence-electron chi connectivity index (χ2n) is 1.50. The van der Waals surface area contributed by atoms with Gasteiger partial charge in [0.2, 0.25) is 0 Å². The summed E-state index contributed by atoms with van der Waals surface area (Å²) < 4.78 is 0. The van der Waals surface area contributed by atoms with Gasteiger partial charge in [-0.25, -0.2) is 0 Å². The van der Waals surface area contributed by atoms with Gasteiger partial charge in [0.25, 0.3) is 0 Å². The molecule has 1 atom stereocenters. The molecule has 60 valence electrons. The molecule has 0 aromatic rings. The maximum atomic E-state index is 9.71. The predicted octanol–water partition coefficient (Wildman–Crippen LogP) is -3.76. The number of carboxylic acids is 2. The molecule has 0 bridgehead atoms. The molecule has 11 heavy (non-hydrogen) atoms. The third-order valence-corrected chi connectivity index (χ3v) is 0.689. The summed E-state index contributed by atoms with van der Waals surface area (Å²) in [4.78, 5) is 19.3. The molecular weight excluding hydrogens is 202 g/mol. The fourth-order valence-corrected chi connectivity index (χ4v) is 0.263. The van der Waals surface area contributed by atoms with Crippen molar-refractivity contribution in [1.29, 1.82) is 0 Å². The van der Waals surface area contributed by atoms with Crippen molar-refractivity contribution in [1.82, 2.24) is 0 Å². The molecule has 0 saturated carbocycles. The molecule has 2 N–H and O–H groups in total. The Morgan fingerprint density at radius 1 is 1.36 bits per heavy atom. The summed E-state index contributed by atoms with van der Waals surface area (Å²) in [5, 5.41) is 19.3. The van der Waals surface area contributed by atoms with Crippen LogP contribution in [-0.2, 0) is 9.59 Å². The van der Waals surface area contributed by atoms with Crippen molar-refractivity contribution < 1.29 is 19.8 Å². The van der Waals surface area contributed by atoms with Crippen molar-refractivity contribution in [3.8, 4) is 0 Å². The number of carbonyl (C=O) groups excluding carboxylic acids is 2. The molecule has 0 fully saturated rings. The van der Waals surface area contributed by atoms with Crippen LogP contribution in [0.4, 0.5) is 0 Å². The third-order valence-electron chi connectivity index (χ3n) is 0.689. The number of halogens is 1. The van der Waals surface area contributed by atoms with Gasteiger partial charge in [-0.3, -0.25) is 0 Å². The van der Waals surface area contributed by atoms with E-state index in [1.54, 1.807) is 0 Å². The third kappa shape index (κ3) is 10.4. The van der Waals surface area contributed by atoms with E-state index in [-0.39, 0.29) is 50.1 Å². The van der Waals surface area contributed by atoms with Crippen LogP contribution in [0.1, 0.15) is 6.42 Å². The van der Waals surface area contributed by atoms with Gasteiger partial charge in [-0.1, -0.05) is 0 Å². The standard InChI is InChI=1S/C4H7NO4.Ca.ClH/c5-2(4(8)9)1-3(6)7;;/h2H,1,5H2,(H,6,7)(H,8,9);;1H/q;+2;/p-2/t2-;;/m1../s1. The fraction of sp³-hybridized carbons (Fsp3) is 0.500. The Bertz CT molecular complexity index is 142. The number of carboxylic acid groups (broad SMARTS) is 2. The topological polar surface area (TPSA) is 106 Å². The molecule has 7 heteroatoms. The Kier molecular flexibility index (Phi) is 13.6. The quantitative estimate of drug-likeness (QED) is 0.479. The van der Waals surface area contributed by atoms with E-state index < -0.39 is 24.4 Å². The molecule has 0 aliphatic rings. The summed E-state index contributed by atoms with van der Waals surface area (Å²) in [6, 6.07) is -1.46. The normalized spacial score (nSPS) is 10.3. The average Bonchev–Trinajstić information content (AvgIpc) is 1.63. The van der Waals surface area contributed by atoms with E-state index in [2.05, 4.69) is 0 Å². The minimum Gasteiger partial charge on any atom is -0.550 e. The zero-order valence-corrected chi connectivity index (χ0v) is 8.64. The molecule has 0 aliphatic heterocycles. The van der Waals surface area contributed by atoms with Gasteiger partial charge in [0, 0.05) is 18.4 Å². The van der Waals surface area contributed by atoms with Gasteiger partial charge in [-0.2, -0.15) is 0 Å². The Labute approximate surface area is 99.4 Å². The maximum absolute atomic E-state index is 9.71. The number of carbonyl (C=O) groups is 2. The second-order valence-corrected chi connectivity index (χ2v) is 1.50. The largest absolute Gasteiger partial charge is 2.00 e. The van der Waals surface area contributed by atoms with Crippen LogP contribution in [0.2, 0.25) is 0 Å². The zero-order valence-electron chi connectivity index (χ0n) is 5.61. The minimum absolute atomic E-state index is 0. The van der Waals surface area contributed by atoms with E-state index in [9.17, 15) is 19.8 Å². The van der Waals surface area contributed by atoms with Crippen LogP contribution in [0.15, 0.2) is 0 Å². The van der Waals surface area contributed by atoms with Gasteiger partial charge in [-0.05, 0) is 0 Å². The summed E-state index contributed by atoms with van der Waals surface area (Å²) in [6.07, 6.45) is -0.706. The monoisotopic (exact) mass is 207 g/mol. The molecule has 0 aromatic heterocycles. The van der Waals surface area contributed by atoms with Gasteiger partial charge in [0.15, 0.2) is 0 Å². The van der Waals surface area contributed by atoms with Crippen LogP contribution in [-0.4, -0.2) is 55.7 Å². The number of rotatable bonds is 3. The zero-order chi connectivity index (χ0) is 7.44. The van der Waals surface area contributed by atoms with E-state index in [4.69, 9.17) is 5.73 Å². The molecule has 0 saturated heterocycles. The molecule has 0 radical (unpaired) electrons. The van der Waals surface area contributed by atoms with Crippen LogP contribution in [0, 0.1) is 0 Å². The number of nitrogens with two attached hydrogens (primary N) is 1. The SMILES string of the molecule is Cl.N[C@H](CC(=O)[O-])C(=O)[O-].[Ca+2]. The van der Waals surface area contributed by atoms with Gasteiger partial charge < -0.3 is 25.5 Å². The number of hydrogen-bond acceptors (Lipinski definition) is 5. The second kappa shape index (κ2) is 8.55. The van der Waals surface area contributed by atoms with Crippen molar-refractivity contribution >= 4 is 62.1 Å². The van der Waals surface area contributed by atoms with Gasteiger partial charge in [0.1, 0.15) is 0 Å². The Hall–Kier alpha value is 0.450. The Morgan fingerprint density at radius 2 is 1.73 bits per heavy atom. The summed E-state index contributed by atoms with van der Waals surface area (Å²) in [5.41, 5.74) is 4.73. The van der Waals surface area contributed by atoms with Crippen molar-refractivity contribution in [2.45, 2.75) is 12.5 Å². The van der Waals surface area contributed by atoms with Gasteiger partial charge in [0.05, 0.1) is 5.97 Å². The van der Waals surface area contributed by atoms with Crippen molar-refractivity contribution in [3.63, 3.8) is 0 Å². The molecular formula is C4H6CaClNO4. The van der Waals surface area contributed by atoms with Crippen LogP contribution >= 0.6 is 12.4 Å². The van der Waals surface area contributed by atoms with E-state index in [0.717, 1.165) is 0 Å². The molecule has 0 amide bonds. The molecule has 0 unspecified atom stereocenters. The molecule has 5 nitrogen and oxygen atoms in total. The van der Waals surface area contributed by atoms with Crippen molar-refractivity contribution in [2.24, 2.45) is 5.73 Å². The van der Waals surface area contributed by atoms with Gasteiger partial charge >= 0.3 is 37.7 Å². The molecule has 0 rings (SSSR count). The van der Waals surface area contributed by atoms with Crippen LogP contribution in [0.5, 0.6) is 0 Å². The first-order valence-corrected chi connectivity index (χ1v) is 2.20. The molecule has 0 spiro atoms. The fourth-order valence-electron chi connectivity index (χ4n) is 0.263. The summed E-state index contributed by atoms with van der Waals surface area (Å²) in [7, 11) is 0. The van der Waals surface area contributed by atoms with Crippen molar-refractivity contribution in [3.05, 3.63) is 0 Å².